The van der Waals surface area contributed by atoms with E-state index < -0.39 is 0 Å². The van der Waals surface area contributed by atoms with Gasteiger partial charge in [-0.15, -0.1) is 0 Å². The summed E-state index contributed by atoms with van der Waals surface area (Å²) in [4.78, 5) is 0. The molecule has 0 saturated heterocycles. The highest BCUT2D eigenvalue weighted by Crippen LogP contribution is 2.38. The summed E-state index contributed by atoms with van der Waals surface area (Å²) in [5, 5.41) is 8.95. The quantitative estimate of drug-likeness (QED) is 0.728. The van der Waals surface area contributed by atoms with Gasteiger partial charge in [0.05, 0.1) is 18.7 Å². The van der Waals surface area contributed by atoms with Crippen LogP contribution in [-0.4, -0.2) is 7.11 Å². The molecule has 2 nitrogen and oxygen atoms in total. The van der Waals surface area contributed by atoms with E-state index >= 15 is 0 Å². The Morgan fingerprint density at radius 3 is 1.68 bits per heavy atom. The van der Waals surface area contributed by atoms with E-state index in [1.54, 1.807) is 7.11 Å². The molecule has 0 aromatic heterocycles. The highest BCUT2D eigenvalue weighted by Gasteiger charge is 2.22. The Kier molecular flexibility index (Phi) is 5.61. The van der Waals surface area contributed by atoms with Crippen LogP contribution in [0.15, 0.2) is 48.5 Å². The minimum Gasteiger partial charge on any atom is -0.497 e. The van der Waals surface area contributed by atoms with Crippen LogP contribution in [0.2, 0.25) is 0 Å². The summed E-state index contributed by atoms with van der Waals surface area (Å²) in [5.74, 6) is 1.83. The van der Waals surface area contributed by atoms with Crippen molar-refractivity contribution in [3.63, 3.8) is 0 Å². The van der Waals surface area contributed by atoms with E-state index in [4.69, 9.17) is 10.00 Å². The molecule has 0 radical (unpaired) electrons. The largest absolute Gasteiger partial charge is 0.497 e. The zero-order chi connectivity index (χ0) is 15.9. The molecule has 0 heterocycles. The van der Waals surface area contributed by atoms with Gasteiger partial charge in [0.2, 0.25) is 0 Å². The fraction of sp³-hybridized carbons (Fsp3) is 0.350. The fourth-order valence-corrected chi connectivity index (χ4v) is 3.16. The SMILES string of the molecule is CC[C@H](c1ccc(OC)cc1)[C@@H](CC)c1ccc(C#N)cc1. The number of hydrogen-bond acceptors (Lipinski definition) is 2. The number of methoxy groups -OCH3 is 1. The van der Waals surface area contributed by atoms with Crippen LogP contribution in [-0.2, 0) is 0 Å². The first-order valence-electron chi connectivity index (χ1n) is 7.87. The van der Waals surface area contributed by atoms with E-state index in [1.807, 2.05) is 24.3 Å². The lowest BCUT2D eigenvalue weighted by Crippen LogP contribution is -2.10. The van der Waals surface area contributed by atoms with Crippen LogP contribution in [0.4, 0.5) is 0 Å². The minimum atomic E-state index is 0.464. The Labute approximate surface area is 133 Å². The van der Waals surface area contributed by atoms with E-state index in [0.29, 0.717) is 11.8 Å². The number of ether oxygens (including phenoxy) is 1. The third kappa shape index (κ3) is 3.49. The van der Waals surface area contributed by atoms with Crippen molar-refractivity contribution in [2.24, 2.45) is 0 Å². The lowest BCUT2D eigenvalue weighted by Gasteiger charge is -2.26. The molecule has 2 aromatic carbocycles. The Balaban J connectivity index is 2.30. The first-order valence-corrected chi connectivity index (χ1v) is 7.87. The minimum absolute atomic E-state index is 0.464. The predicted octanol–water partition coefficient (Wildman–Crippen LogP) is 5.25. The molecule has 0 unspecified atom stereocenters. The maximum atomic E-state index is 8.95. The number of benzene rings is 2. The lowest BCUT2D eigenvalue weighted by atomic mass is 9.78. The summed E-state index contributed by atoms with van der Waals surface area (Å²) < 4.78 is 5.25. The maximum Gasteiger partial charge on any atom is 0.118 e. The van der Waals surface area contributed by atoms with Gasteiger partial charge in [-0.3, -0.25) is 0 Å². The Hall–Kier alpha value is -2.27. The molecule has 0 aliphatic heterocycles. The lowest BCUT2D eigenvalue weighted by molar-refractivity contribution is 0.414. The molecule has 114 valence electrons. The van der Waals surface area contributed by atoms with Crippen molar-refractivity contribution in [2.75, 3.05) is 7.11 Å². The summed E-state index contributed by atoms with van der Waals surface area (Å²) >= 11 is 0. The summed E-state index contributed by atoms with van der Waals surface area (Å²) in [6.45, 7) is 4.47. The molecule has 22 heavy (non-hydrogen) atoms. The molecule has 2 heteroatoms. The summed E-state index contributed by atoms with van der Waals surface area (Å²) in [5.41, 5.74) is 3.37. The van der Waals surface area contributed by atoms with Gasteiger partial charge in [0.15, 0.2) is 0 Å². The second kappa shape index (κ2) is 7.66. The average molecular weight is 293 g/mol. The number of nitrogens with zero attached hydrogens (tertiary/aromatic N) is 1. The molecular weight excluding hydrogens is 270 g/mol. The second-order valence-corrected chi connectivity index (χ2v) is 5.54. The Morgan fingerprint density at radius 1 is 0.864 bits per heavy atom. The van der Waals surface area contributed by atoms with Gasteiger partial charge in [0.25, 0.3) is 0 Å². The van der Waals surface area contributed by atoms with E-state index in [9.17, 15) is 0 Å². The Morgan fingerprint density at radius 2 is 1.32 bits per heavy atom. The van der Waals surface area contributed by atoms with Gasteiger partial charge in [0, 0.05) is 0 Å². The van der Waals surface area contributed by atoms with Crippen molar-refractivity contribution < 1.29 is 4.74 Å². The average Bonchev–Trinajstić information content (AvgIpc) is 2.60. The molecule has 0 bridgehead atoms. The summed E-state index contributed by atoms with van der Waals surface area (Å²) in [6.07, 6.45) is 2.17. The number of hydrogen-bond donors (Lipinski definition) is 0. The van der Waals surface area contributed by atoms with Crippen molar-refractivity contribution in [1.29, 1.82) is 5.26 Å². The highest BCUT2D eigenvalue weighted by molar-refractivity contribution is 5.36. The first kappa shape index (κ1) is 16.1. The zero-order valence-corrected chi connectivity index (χ0v) is 13.5. The third-order valence-corrected chi connectivity index (χ3v) is 4.38. The normalized spacial score (nSPS) is 13.2. The van der Waals surface area contributed by atoms with Crippen molar-refractivity contribution in [3.8, 4) is 11.8 Å². The van der Waals surface area contributed by atoms with Crippen molar-refractivity contribution in [2.45, 2.75) is 38.5 Å². The highest BCUT2D eigenvalue weighted by atomic mass is 16.5. The molecule has 0 N–H and O–H groups in total. The van der Waals surface area contributed by atoms with Crippen molar-refractivity contribution in [3.05, 3.63) is 65.2 Å². The van der Waals surface area contributed by atoms with Crippen LogP contribution >= 0.6 is 0 Å². The number of rotatable bonds is 6. The topological polar surface area (TPSA) is 33.0 Å². The third-order valence-electron chi connectivity index (χ3n) is 4.38. The first-order chi connectivity index (χ1) is 10.7. The van der Waals surface area contributed by atoms with Gasteiger partial charge in [-0.2, -0.15) is 5.26 Å². The molecule has 2 aromatic rings. The van der Waals surface area contributed by atoms with Crippen LogP contribution in [0.5, 0.6) is 5.75 Å². The molecule has 0 amide bonds. The molecule has 0 fully saturated rings. The fourth-order valence-electron chi connectivity index (χ4n) is 3.16. The van der Waals surface area contributed by atoms with E-state index in [-0.39, 0.29) is 0 Å². The van der Waals surface area contributed by atoms with Gasteiger partial charge >= 0.3 is 0 Å². The van der Waals surface area contributed by atoms with E-state index in [0.717, 1.165) is 24.2 Å². The van der Waals surface area contributed by atoms with Gasteiger partial charge < -0.3 is 4.74 Å². The van der Waals surface area contributed by atoms with E-state index in [1.165, 1.54) is 11.1 Å². The van der Waals surface area contributed by atoms with Crippen LogP contribution in [0, 0.1) is 11.3 Å². The van der Waals surface area contributed by atoms with Crippen LogP contribution in [0.3, 0.4) is 0 Å². The van der Waals surface area contributed by atoms with Crippen molar-refractivity contribution in [1.82, 2.24) is 0 Å². The standard InChI is InChI=1S/C20H23NO/c1-4-19(16-8-6-15(14-21)7-9-16)20(5-2)17-10-12-18(22-3)13-11-17/h6-13,19-20H,4-5H2,1-3H3/t19-,20+/m0/s1. The van der Waals surface area contributed by atoms with Gasteiger partial charge in [-0.1, -0.05) is 38.1 Å². The van der Waals surface area contributed by atoms with Crippen molar-refractivity contribution >= 4 is 0 Å². The molecule has 0 aliphatic carbocycles. The summed E-state index contributed by atoms with van der Waals surface area (Å²) in [6, 6.07) is 18.6. The smallest absolute Gasteiger partial charge is 0.118 e. The van der Waals surface area contributed by atoms with E-state index in [2.05, 4.69) is 44.2 Å². The van der Waals surface area contributed by atoms with Gasteiger partial charge in [0.1, 0.15) is 5.75 Å². The maximum absolute atomic E-state index is 8.95. The second-order valence-electron chi connectivity index (χ2n) is 5.54. The molecule has 0 spiro atoms. The number of nitriles is 1. The van der Waals surface area contributed by atoms with Crippen LogP contribution in [0.1, 0.15) is 55.2 Å². The Bertz CT molecular complexity index is 622. The van der Waals surface area contributed by atoms with Crippen LogP contribution < -0.4 is 4.74 Å². The molecule has 0 aliphatic rings. The van der Waals surface area contributed by atoms with Crippen LogP contribution in [0.25, 0.3) is 0 Å². The zero-order valence-electron chi connectivity index (χ0n) is 13.5. The predicted molar refractivity (Wildman–Crippen MR) is 90.2 cm³/mol. The summed E-state index contributed by atoms with van der Waals surface area (Å²) in [7, 11) is 1.69. The van der Waals surface area contributed by atoms with Gasteiger partial charge in [-0.05, 0) is 60.1 Å². The monoisotopic (exact) mass is 293 g/mol. The molecule has 2 rings (SSSR count). The van der Waals surface area contributed by atoms with Gasteiger partial charge in [-0.25, -0.2) is 0 Å². The molecule has 2 atom stereocenters. The molecular formula is C20H23NO. The molecule has 0 saturated carbocycles.